The summed E-state index contributed by atoms with van der Waals surface area (Å²) in [6, 6.07) is 7.75. The second-order valence-corrected chi connectivity index (χ2v) is 5.05. The minimum atomic E-state index is -0.666. The minimum absolute atomic E-state index is 0.0813. The third kappa shape index (κ3) is 3.03. The van der Waals surface area contributed by atoms with Gasteiger partial charge in [-0.1, -0.05) is 23.2 Å². The topological polar surface area (TPSA) is 55.1 Å². The summed E-state index contributed by atoms with van der Waals surface area (Å²) in [4.78, 5) is 11.4. The molecule has 0 spiro atoms. The van der Waals surface area contributed by atoms with Gasteiger partial charge in [0.1, 0.15) is 0 Å². The summed E-state index contributed by atoms with van der Waals surface area (Å²) in [6.45, 7) is 1.43. The predicted molar refractivity (Wildman–Crippen MR) is 80.6 cm³/mol. The summed E-state index contributed by atoms with van der Waals surface area (Å²) < 4.78 is 13.3. The van der Waals surface area contributed by atoms with Crippen LogP contribution in [0.3, 0.4) is 0 Å². The second-order valence-electron chi connectivity index (χ2n) is 4.24. The summed E-state index contributed by atoms with van der Waals surface area (Å²) in [6.07, 6.45) is 0. The van der Waals surface area contributed by atoms with Gasteiger partial charge >= 0.3 is 0 Å². The molecule has 2 rings (SSSR count). The van der Waals surface area contributed by atoms with E-state index in [2.05, 4.69) is 5.32 Å². The van der Waals surface area contributed by atoms with Crippen LogP contribution < -0.4 is 11.1 Å². The Morgan fingerprint density at radius 2 is 1.75 bits per heavy atom. The van der Waals surface area contributed by atoms with Crippen LogP contribution in [0.4, 0.5) is 21.5 Å². The quantitative estimate of drug-likeness (QED) is 0.492. The maximum absolute atomic E-state index is 13.3. The van der Waals surface area contributed by atoms with E-state index in [0.717, 1.165) is 0 Å². The van der Waals surface area contributed by atoms with Crippen LogP contribution in [-0.2, 0) is 0 Å². The lowest BCUT2D eigenvalue weighted by Crippen LogP contribution is -2.01. The van der Waals surface area contributed by atoms with Gasteiger partial charge in [-0.3, -0.25) is 4.79 Å². The molecule has 0 amide bonds. The van der Waals surface area contributed by atoms with Crippen molar-refractivity contribution in [2.45, 2.75) is 6.92 Å². The maximum Gasteiger partial charge on any atom is 0.161 e. The first-order valence-electron chi connectivity index (χ1n) is 5.70. The second kappa shape index (κ2) is 5.69. The highest BCUT2D eigenvalue weighted by atomic mass is 35.5. The molecule has 0 aliphatic carbocycles. The zero-order valence-electron chi connectivity index (χ0n) is 10.5. The molecule has 104 valence electrons. The fourth-order valence-corrected chi connectivity index (χ4v) is 2.22. The van der Waals surface area contributed by atoms with Crippen molar-refractivity contribution in [2.75, 3.05) is 11.1 Å². The number of nitrogens with one attached hydrogen (secondary N) is 1. The number of hydrogen-bond acceptors (Lipinski definition) is 3. The van der Waals surface area contributed by atoms with E-state index in [1.54, 1.807) is 18.2 Å². The molecule has 0 atom stereocenters. The van der Waals surface area contributed by atoms with E-state index < -0.39 is 5.82 Å². The van der Waals surface area contributed by atoms with Crippen LogP contribution in [0.1, 0.15) is 17.3 Å². The molecule has 0 aliphatic heterocycles. The van der Waals surface area contributed by atoms with E-state index in [1.807, 2.05) is 0 Å². The molecule has 0 bridgehead atoms. The van der Waals surface area contributed by atoms with Crippen LogP contribution in [0.2, 0.25) is 10.0 Å². The van der Waals surface area contributed by atoms with Crippen LogP contribution >= 0.6 is 23.2 Å². The summed E-state index contributed by atoms with van der Waals surface area (Å²) in [5.74, 6) is -0.804. The van der Waals surface area contributed by atoms with Gasteiger partial charge in [-0.15, -0.1) is 0 Å². The Bertz CT molecular complexity index is 666. The Balaban J connectivity index is 2.35. The van der Waals surface area contributed by atoms with Gasteiger partial charge in [0.15, 0.2) is 11.6 Å². The maximum atomic E-state index is 13.3. The zero-order chi connectivity index (χ0) is 14.9. The largest absolute Gasteiger partial charge is 0.398 e. The highest BCUT2D eigenvalue weighted by Crippen LogP contribution is 2.29. The number of nitrogens with two attached hydrogens (primary N) is 1. The molecule has 3 nitrogen and oxygen atoms in total. The minimum Gasteiger partial charge on any atom is -0.398 e. The van der Waals surface area contributed by atoms with Crippen LogP contribution in [-0.4, -0.2) is 5.78 Å². The Kier molecular flexibility index (Phi) is 4.16. The number of Topliss-reactive ketones (excluding diaryl/α,β-unsaturated/α-hetero) is 1. The van der Waals surface area contributed by atoms with Crippen molar-refractivity contribution < 1.29 is 9.18 Å². The standard InChI is InChI=1S/C14H11Cl2FN2O/c1-7(20)10-4-8(2-3-13(10)18)19-9-5-11(15)14(17)12(16)6-9/h2-6,19H,18H2,1H3. The number of ketones is 1. The zero-order valence-corrected chi connectivity index (χ0v) is 12.0. The number of halogens is 3. The van der Waals surface area contributed by atoms with Gasteiger partial charge in [0.25, 0.3) is 0 Å². The van der Waals surface area contributed by atoms with E-state index in [0.29, 0.717) is 22.6 Å². The molecule has 2 aromatic carbocycles. The number of carbonyl (C=O) groups is 1. The van der Waals surface area contributed by atoms with Crippen molar-refractivity contribution >= 4 is 46.0 Å². The Morgan fingerprint density at radius 1 is 1.15 bits per heavy atom. The van der Waals surface area contributed by atoms with Gasteiger partial charge in [-0.2, -0.15) is 0 Å². The third-order valence-corrected chi connectivity index (χ3v) is 3.26. The van der Waals surface area contributed by atoms with Gasteiger partial charge in [0, 0.05) is 22.6 Å². The molecule has 0 aromatic heterocycles. The summed E-state index contributed by atoms with van der Waals surface area (Å²) >= 11 is 11.4. The number of anilines is 3. The number of nitrogen functional groups attached to an aromatic ring is 1. The highest BCUT2D eigenvalue weighted by molar-refractivity contribution is 6.35. The van der Waals surface area contributed by atoms with E-state index >= 15 is 0 Å². The molecule has 3 N–H and O–H groups in total. The van der Waals surface area contributed by atoms with Crippen molar-refractivity contribution in [3.8, 4) is 0 Å². The molecule has 0 unspecified atom stereocenters. The van der Waals surface area contributed by atoms with Crippen molar-refractivity contribution in [3.63, 3.8) is 0 Å². The average Bonchev–Trinajstić information content (AvgIpc) is 2.38. The first-order valence-corrected chi connectivity index (χ1v) is 6.46. The SMILES string of the molecule is CC(=O)c1cc(Nc2cc(Cl)c(F)c(Cl)c2)ccc1N. The van der Waals surface area contributed by atoms with E-state index in [9.17, 15) is 9.18 Å². The predicted octanol–water partition coefficient (Wildman–Crippen LogP) is 4.66. The molecule has 0 saturated heterocycles. The number of benzene rings is 2. The smallest absolute Gasteiger partial charge is 0.161 e. The Labute approximate surface area is 125 Å². The molecule has 0 radical (unpaired) electrons. The first-order chi connectivity index (χ1) is 9.38. The number of rotatable bonds is 3. The van der Waals surface area contributed by atoms with E-state index in [-0.39, 0.29) is 15.8 Å². The van der Waals surface area contributed by atoms with Gasteiger partial charge in [0.05, 0.1) is 10.0 Å². The highest BCUT2D eigenvalue weighted by Gasteiger charge is 2.09. The lowest BCUT2D eigenvalue weighted by atomic mass is 10.1. The number of hydrogen-bond donors (Lipinski definition) is 2. The van der Waals surface area contributed by atoms with Crippen LogP contribution in [0.25, 0.3) is 0 Å². The molecule has 6 heteroatoms. The normalized spacial score (nSPS) is 10.4. The molecule has 0 saturated carbocycles. The molecule has 0 aliphatic rings. The Morgan fingerprint density at radius 3 is 2.30 bits per heavy atom. The van der Waals surface area contributed by atoms with Crippen LogP contribution in [0.15, 0.2) is 30.3 Å². The molecule has 0 heterocycles. The van der Waals surface area contributed by atoms with E-state index in [4.69, 9.17) is 28.9 Å². The molecular weight excluding hydrogens is 302 g/mol. The van der Waals surface area contributed by atoms with Gasteiger partial charge in [-0.25, -0.2) is 4.39 Å². The van der Waals surface area contributed by atoms with Crippen molar-refractivity contribution in [1.82, 2.24) is 0 Å². The van der Waals surface area contributed by atoms with E-state index in [1.165, 1.54) is 19.1 Å². The lowest BCUT2D eigenvalue weighted by molar-refractivity contribution is 0.101. The van der Waals surface area contributed by atoms with Crippen molar-refractivity contribution in [2.24, 2.45) is 0 Å². The molecule has 0 fully saturated rings. The monoisotopic (exact) mass is 312 g/mol. The average molecular weight is 313 g/mol. The third-order valence-electron chi connectivity index (χ3n) is 2.71. The van der Waals surface area contributed by atoms with Gasteiger partial charge in [-0.05, 0) is 37.3 Å². The van der Waals surface area contributed by atoms with Crippen LogP contribution in [0, 0.1) is 5.82 Å². The van der Waals surface area contributed by atoms with Crippen LogP contribution in [0.5, 0.6) is 0 Å². The molecule has 20 heavy (non-hydrogen) atoms. The summed E-state index contributed by atoms with van der Waals surface area (Å²) in [7, 11) is 0. The van der Waals surface area contributed by atoms with Crippen molar-refractivity contribution in [1.29, 1.82) is 0 Å². The van der Waals surface area contributed by atoms with Crippen molar-refractivity contribution in [3.05, 3.63) is 51.8 Å². The summed E-state index contributed by atoms with van der Waals surface area (Å²) in [5.41, 5.74) is 7.67. The van der Waals surface area contributed by atoms with Gasteiger partial charge in [0.2, 0.25) is 0 Å². The summed E-state index contributed by atoms with van der Waals surface area (Å²) in [5, 5.41) is 2.83. The van der Waals surface area contributed by atoms with Gasteiger partial charge < -0.3 is 11.1 Å². The molecule has 2 aromatic rings. The fourth-order valence-electron chi connectivity index (χ4n) is 1.73. The Hall–Kier alpha value is -1.78. The number of carbonyl (C=O) groups excluding carboxylic acids is 1. The lowest BCUT2D eigenvalue weighted by Gasteiger charge is -2.10. The fraction of sp³-hybridized carbons (Fsp3) is 0.0714. The first kappa shape index (κ1) is 14.6. The molecular formula is C14H11Cl2FN2O.